The zero-order valence-corrected chi connectivity index (χ0v) is 26.1. The molecule has 0 fully saturated rings. The molecule has 0 unspecified atom stereocenters. The fraction of sp³-hybridized carbons (Fsp3) is 0.176. The monoisotopic (exact) mass is 666 g/mol. The zero-order valence-electron chi connectivity index (χ0n) is 25.4. The molecule has 0 radical (unpaired) electrons. The van der Waals surface area contributed by atoms with Crippen molar-refractivity contribution in [1.82, 2.24) is 25.2 Å². The lowest BCUT2D eigenvalue weighted by molar-refractivity contribution is 0.0695. The number of aromatic carboxylic acids is 1. The summed E-state index contributed by atoms with van der Waals surface area (Å²) in [6.45, 7) is 2.00. The van der Waals surface area contributed by atoms with Crippen molar-refractivity contribution in [2.24, 2.45) is 0 Å². The molecule has 1 atom stereocenters. The normalized spacial score (nSPS) is 14.4. The molecule has 2 aliphatic rings. The van der Waals surface area contributed by atoms with Gasteiger partial charge in [0, 0.05) is 12.6 Å². The van der Waals surface area contributed by atoms with Crippen LogP contribution in [-0.4, -0.2) is 50.2 Å². The summed E-state index contributed by atoms with van der Waals surface area (Å²) in [5.74, 6) is -1.59. The third-order valence-electron chi connectivity index (χ3n) is 8.42. The van der Waals surface area contributed by atoms with Gasteiger partial charge in [-0.05, 0) is 72.4 Å². The van der Waals surface area contributed by atoms with Gasteiger partial charge in [-0.3, -0.25) is 14.4 Å². The summed E-state index contributed by atoms with van der Waals surface area (Å²) in [4.78, 5) is 56.9. The molecule has 1 aliphatic heterocycles. The highest BCUT2D eigenvalue weighted by molar-refractivity contribution is 6.34. The van der Waals surface area contributed by atoms with Crippen molar-refractivity contribution < 1.29 is 33.8 Å². The van der Waals surface area contributed by atoms with E-state index in [0.717, 1.165) is 16.7 Å². The first kappa shape index (κ1) is 30.7. The Hall–Kier alpha value is -5.95. The number of benzene rings is 3. The zero-order chi connectivity index (χ0) is 33.5. The van der Waals surface area contributed by atoms with E-state index in [4.69, 9.17) is 21.1 Å². The van der Waals surface area contributed by atoms with Gasteiger partial charge in [-0.25, -0.2) is 14.3 Å². The number of anilines is 1. The Bertz CT molecular complexity index is 2160. The highest BCUT2D eigenvalue weighted by Crippen LogP contribution is 2.35. The van der Waals surface area contributed by atoms with Gasteiger partial charge in [-0.1, -0.05) is 35.9 Å². The number of nitrogens with one attached hydrogen (secondary N) is 3. The Balaban J connectivity index is 1.21. The summed E-state index contributed by atoms with van der Waals surface area (Å²) in [6, 6.07) is 16.1. The lowest BCUT2D eigenvalue weighted by Crippen LogP contribution is -2.31. The first-order valence-electron chi connectivity index (χ1n) is 15.0. The van der Waals surface area contributed by atoms with Gasteiger partial charge in [-0.2, -0.15) is 5.10 Å². The van der Waals surface area contributed by atoms with Crippen LogP contribution in [0.4, 0.5) is 5.69 Å². The number of hydrogen-bond acceptors (Lipinski definition) is 8. The first-order chi connectivity index (χ1) is 23.2. The molecule has 13 nitrogen and oxygen atoms in total. The summed E-state index contributed by atoms with van der Waals surface area (Å²) < 4.78 is 12.0. The fourth-order valence-corrected chi connectivity index (χ4v) is 6.15. The van der Waals surface area contributed by atoms with Crippen molar-refractivity contribution in [2.75, 3.05) is 12.1 Å². The minimum absolute atomic E-state index is 0.0115. The van der Waals surface area contributed by atoms with Crippen LogP contribution >= 0.6 is 11.6 Å². The van der Waals surface area contributed by atoms with Crippen LogP contribution in [0.3, 0.4) is 0 Å². The molecule has 242 valence electrons. The van der Waals surface area contributed by atoms with Gasteiger partial charge in [0.05, 0.1) is 28.5 Å². The maximum absolute atomic E-state index is 13.9. The number of para-hydroxylation sites is 1. The van der Waals surface area contributed by atoms with Crippen LogP contribution < -0.4 is 25.4 Å². The van der Waals surface area contributed by atoms with Crippen molar-refractivity contribution in [3.8, 4) is 11.5 Å². The van der Waals surface area contributed by atoms with Crippen molar-refractivity contribution in [3.63, 3.8) is 0 Å². The molecule has 7 rings (SSSR count). The molecule has 5 aromatic rings. The van der Waals surface area contributed by atoms with Crippen molar-refractivity contribution in [2.45, 2.75) is 32.4 Å². The molecule has 0 saturated carbocycles. The summed E-state index contributed by atoms with van der Waals surface area (Å²) in [7, 11) is 0. The summed E-state index contributed by atoms with van der Waals surface area (Å²) in [6.07, 6.45) is 2.40. The van der Waals surface area contributed by atoms with Crippen LogP contribution in [0.25, 0.3) is 5.65 Å². The van der Waals surface area contributed by atoms with Crippen LogP contribution in [0.5, 0.6) is 11.5 Å². The molecule has 3 heterocycles. The Kier molecular flexibility index (Phi) is 7.89. The standard InChI is InChI=1S/C34H27ClN6O7/c1-17-19-9-10-24(21(19)8-7-20(17)34(45)46)39-33(44)27-13-26(32(43)36-14-18-6-11-28-29(12-18)48-16-47-28)38-30-22(15-37-41(27)30)31(42)40-25-5-3-2-4-23(25)35/h2-8,11-13,15,24H,9-10,14,16H2,1H3,(H,36,43)(H,39,44)(H,40,42)(H,45,46)/t24-/m0/s1. The summed E-state index contributed by atoms with van der Waals surface area (Å²) in [5.41, 5.74) is 3.52. The number of carbonyl (C=O) groups excluding carboxylic acids is 3. The number of nitrogens with zero attached hydrogens (tertiary/aromatic N) is 3. The molecule has 3 aromatic carbocycles. The van der Waals surface area contributed by atoms with Crippen molar-refractivity contribution >= 4 is 46.6 Å². The van der Waals surface area contributed by atoms with E-state index in [1.807, 2.05) is 0 Å². The molecule has 0 spiro atoms. The topological polar surface area (TPSA) is 173 Å². The van der Waals surface area contributed by atoms with Gasteiger partial charge in [0.25, 0.3) is 17.7 Å². The molecule has 1 aliphatic carbocycles. The van der Waals surface area contributed by atoms with E-state index >= 15 is 0 Å². The first-order valence-corrected chi connectivity index (χ1v) is 15.3. The lowest BCUT2D eigenvalue weighted by Gasteiger charge is -2.16. The average molecular weight is 667 g/mol. The van der Waals surface area contributed by atoms with Gasteiger partial charge in [0.15, 0.2) is 17.1 Å². The van der Waals surface area contributed by atoms with E-state index in [1.165, 1.54) is 22.8 Å². The summed E-state index contributed by atoms with van der Waals surface area (Å²) >= 11 is 6.25. The van der Waals surface area contributed by atoms with E-state index in [9.17, 15) is 24.3 Å². The molecule has 2 aromatic heterocycles. The molecular weight excluding hydrogens is 640 g/mol. The number of halogens is 1. The third-order valence-corrected chi connectivity index (χ3v) is 8.75. The van der Waals surface area contributed by atoms with Crippen molar-refractivity contribution in [3.05, 3.63) is 117 Å². The van der Waals surface area contributed by atoms with Crippen molar-refractivity contribution in [1.29, 1.82) is 0 Å². The number of fused-ring (bicyclic) bond motifs is 3. The van der Waals surface area contributed by atoms with Gasteiger partial charge in [0.2, 0.25) is 6.79 Å². The number of carbonyl (C=O) groups is 4. The largest absolute Gasteiger partial charge is 0.478 e. The quantitative estimate of drug-likeness (QED) is 0.183. The van der Waals surface area contributed by atoms with Gasteiger partial charge >= 0.3 is 5.97 Å². The maximum atomic E-state index is 13.9. The SMILES string of the molecule is Cc1c(C(=O)O)ccc2c1CC[C@@H]2NC(=O)c1cc(C(=O)NCc2ccc3c(c2)OCO3)nc2c(C(=O)Nc3ccccc3Cl)cnn12. The predicted molar refractivity (Wildman–Crippen MR) is 173 cm³/mol. The number of carboxylic acids is 1. The molecule has 0 saturated heterocycles. The van der Waals surface area contributed by atoms with Gasteiger partial charge < -0.3 is 30.5 Å². The van der Waals surface area contributed by atoms with E-state index in [0.29, 0.717) is 40.6 Å². The highest BCUT2D eigenvalue weighted by atomic mass is 35.5. The fourth-order valence-electron chi connectivity index (χ4n) is 5.97. The van der Waals surface area contributed by atoms with Crippen LogP contribution in [0.15, 0.2) is 66.9 Å². The molecule has 4 N–H and O–H groups in total. The van der Waals surface area contributed by atoms with E-state index in [2.05, 4.69) is 26.0 Å². The van der Waals surface area contributed by atoms with E-state index in [1.54, 1.807) is 55.5 Å². The van der Waals surface area contributed by atoms with Crippen LogP contribution in [0.2, 0.25) is 5.02 Å². The Morgan fingerprint density at radius 2 is 1.79 bits per heavy atom. The van der Waals surface area contributed by atoms with Crippen LogP contribution in [0, 0.1) is 6.92 Å². The maximum Gasteiger partial charge on any atom is 0.335 e. The second-order valence-corrected chi connectivity index (χ2v) is 11.7. The lowest BCUT2D eigenvalue weighted by atomic mass is 9.98. The van der Waals surface area contributed by atoms with E-state index in [-0.39, 0.29) is 41.5 Å². The number of rotatable bonds is 8. The number of carboxylic acid groups (broad SMARTS) is 1. The minimum atomic E-state index is -1.01. The highest BCUT2D eigenvalue weighted by Gasteiger charge is 2.30. The summed E-state index contributed by atoms with van der Waals surface area (Å²) in [5, 5.41) is 22.7. The number of aromatic nitrogens is 3. The third kappa shape index (κ3) is 5.64. The number of ether oxygens (including phenoxy) is 2. The Morgan fingerprint density at radius 1 is 0.979 bits per heavy atom. The second-order valence-electron chi connectivity index (χ2n) is 11.3. The number of hydrogen-bond donors (Lipinski definition) is 4. The van der Waals surface area contributed by atoms with Crippen LogP contribution in [-0.2, 0) is 13.0 Å². The molecular formula is C34H27ClN6O7. The van der Waals surface area contributed by atoms with E-state index < -0.39 is 29.7 Å². The minimum Gasteiger partial charge on any atom is -0.478 e. The Labute approximate surface area is 277 Å². The molecule has 14 heteroatoms. The second kappa shape index (κ2) is 12.3. The average Bonchev–Trinajstić information content (AvgIpc) is 3.83. The van der Waals surface area contributed by atoms with Gasteiger partial charge in [-0.15, -0.1) is 0 Å². The molecule has 0 bridgehead atoms. The molecule has 3 amide bonds. The predicted octanol–water partition coefficient (Wildman–Crippen LogP) is 4.72. The smallest absolute Gasteiger partial charge is 0.335 e. The van der Waals surface area contributed by atoms with Gasteiger partial charge in [0.1, 0.15) is 17.0 Å². The molecule has 48 heavy (non-hydrogen) atoms. The van der Waals surface area contributed by atoms with Crippen LogP contribution in [0.1, 0.15) is 76.4 Å². The number of amides is 3. The Morgan fingerprint density at radius 3 is 2.60 bits per heavy atom.